The molecule has 0 saturated heterocycles. The molecule has 25 heavy (non-hydrogen) atoms. The van der Waals surface area contributed by atoms with E-state index in [1.54, 1.807) is 0 Å². The minimum atomic E-state index is 0.0942. The molecule has 5 nitrogen and oxygen atoms in total. The second-order valence-corrected chi connectivity index (χ2v) is 8.44. The summed E-state index contributed by atoms with van der Waals surface area (Å²) in [6.07, 6.45) is 7.00. The van der Waals surface area contributed by atoms with Gasteiger partial charge in [-0.25, -0.2) is 0 Å². The van der Waals surface area contributed by atoms with Crippen molar-refractivity contribution < 1.29 is 4.79 Å². The van der Waals surface area contributed by atoms with Crippen molar-refractivity contribution in [3.63, 3.8) is 0 Å². The summed E-state index contributed by atoms with van der Waals surface area (Å²) in [5, 5.41) is 15.4. The van der Waals surface area contributed by atoms with Crippen LogP contribution in [0.2, 0.25) is 0 Å². The highest BCUT2D eigenvalue weighted by molar-refractivity contribution is 8.01. The highest BCUT2D eigenvalue weighted by Crippen LogP contribution is 2.28. The number of nitrogens with one attached hydrogen (secondary N) is 2. The van der Waals surface area contributed by atoms with Crippen LogP contribution in [-0.2, 0) is 11.2 Å². The molecule has 1 aliphatic carbocycles. The van der Waals surface area contributed by atoms with Crippen LogP contribution in [0.15, 0.2) is 28.6 Å². The fraction of sp³-hybridized carbons (Fsp3) is 0.500. The lowest BCUT2D eigenvalue weighted by Gasteiger charge is -2.22. The minimum absolute atomic E-state index is 0.0942. The van der Waals surface area contributed by atoms with Crippen molar-refractivity contribution >= 4 is 39.8 Å². The first kappa shape index (κ1) is 18.2. The van der Waals surface area contributed by atoms with Crippen LogP contribution in [0.25, 0.3) is 0 Å². The number of aromatic nitrogens is 2. The largest absolute Gasteiger partial charge is 0.353 e. The molecule has 1 saturated carbocycles. The zero-order chi connectivity index (χ0) is 17.5. The Bertz CT molecular complexity index is 681. The number of thioether (sulfide) groups is 1. The zero-order valence-corrected chi connectivity index (χ0v) is 16.1. The quantitative estimate of drug-likeness (QED) is 0.702. The fourth-order valence-corrected chi connectivity index (χ4v) is 4.49. The van der Waals surface area contributed by atoms with Gasteiger partial charge in [0.25, 0.3) is 0 Å². The van der Waals surface area contributed by atoms with Crippen molar-refractivity contribution in [2.45, 2.75) is 55.8 Å². The van der Waals surface area contributed by atoms with Crippen LogP contribution in [0.1, 0.15) is 44.6 Å². The van der Waals surface area contributed by atoms with Gasteiger partial charge in [0.15, 0.2) is 4.34 Å². The molecular weight excluding hydrogens is 352 g/mol. The van der Waals surface area contributed by atoms with Crippen LogP contribution in [0.4, 0.5) is 10.8 Å². The molecule has 1 amide bonds. The summed E-state index contributed by atoms with van der Waals surface area (Å²) < 4.78 is 0.812. The smallest absolute Gasteiger partial charge is 0.230 e. The third kappa shape index (κ3) is 5.71. The molecule has 3 rings (SSSR count). The van der Waals surface area contributed by atoms with Gasteiger partial charge in [-0.2, -0.15) is 0 Å². The van der Waals surface area contributed by atoms with Crippen molar-refractivity contribution in [2.75, 3.05) is 11.1 Å². The molecule has 134 valence electrons. The molecule has 1 fully saturated rings. The standard InChI is InChI=1S/C18H24N4OS2/c1-2-13-8-10-15(11-9-13)20-17-21-22-18(25-17)24-12-16(23)19-14-6-4-3-5-7-14/h8-11,14H,2-7,12H2,1H3,(H,19,23)(H,20,21). The highest BCUT2D eigenvalue weighted by atomic mass is 32.2. The Hall–Kier alpha value is -1.60. The predicted molar refractivity (Wildman–Crippen MR) is 105 cm³/mol. The van der Waals surface area contributed by atoms with E-state index in [0.717, 1.165) is 34.4 Å². The molecule has 1 aliphatic rings. The Morgan fingerprint density at radius 3 is 2.68 bits per heavy atom. The van der Waals surface area contributed by atoms with E-state index in [9.17, 15) is 4.79 Å². The predicted octanol–water partition coefficient (Wildman–Crippen LogP) is 4.39. The van der Waals surface area contributed by atoms with Crippen molar-refractivity contribution in [3.05, 3.63) is 29.8 Å². The SMILES string of the molecule is CCc1ccc(Nc2nnc(SCC(=O)NC3CCCCC3)s2)cc1. The van der Waals surface area contributed by atoms with Gasteiger partial charge in [-0.1, -0.05) is 61.4 Å². The van der Waals surface area contributed by atoms with E-state index in [4.69, 9.17) is 0 Å². The van der Waals surface area contributed by atoms with E-state index in [-0.39, 0.29) is 5.91 Å². The summed E-state index contributed by atoms with van der Waals surface area (Å²) in [6, 6.07) is 8.66. The molecule has 0 spiro atoms. The Morgan fingerprint density at radius 1 is 1.20 bits per heavy atom. The molecule has 0 atom stereocenters. The summed E-state index contributed by atoms with van der Waals surface area (Å²) in [5.74, 6) is 0.493. The maximum Gasteiger partial charge on any atom is 0.230 e. The van der Waals surface area contributed by atoms with Gasteiger partial charge < -0.3 is 10.6 Å². The molecule has 2 aromatic rings. The van der Waals surface area contributed by atoms with E-state index in [2.05, 4.69) is 39.9 Å². The van der Waals surface area contributed by atoms with Crippen molar-refractivity contribution in [3.8, 4) is 0 Å². The van der Waals surface area contributed by atoms with E-state index in [0.29, 0.717) is 11.8 Å². The van der Waals surface area contributed by atoms with Gasteiger partial charge in [0.1, 0.15) is 0 Å². The van der Waals surface area contributed by atoms with Crippen molar-refractivity contribution in [1.29, 1.82) is 0 Å². The van der Waals surface area contributed by atoms with Gasteiger partial charge in [-0.05, 0) is 37.0 Å². The van der Waals surface area contributed by atoms with Gasteiger partial charge in [0.2, 0.25) is 11.0 Å². The first-order valence-corrected chi connectivity index (χ1v) is 10.6. The van der Waals surface area contributed by atoms with Gasteiger partial charge in [0.05, 0.1) is 5.75 Å². The second-order valence-electron chi connectivity index (χ2n) is 6.24. The molecule has 7 heteroatoms. The monoisotopic (exact) mass is 376 g/mol. The summed E-state index contributed by atoms with van der Waals surface area (Å²) in [6.45, 7) is 2.14. The van der Waals surface area contributed by atoms with Gasteiger partial charge in [-0.15, -0.1) is 10.2 Å². The summed E-state index contributed by atoms with van der Waals surface area (Å²) in [4.78, 5) is 12.1. The minimum Gasteiger partial charge on any atom is -0.353 e. The van der Waals surface area contributed by atoms with Crippen molar-refractivity contribution in [1.82, 2.24) is 15.5 Å². The molecule has 1 heterocycles. The molecule has 0 aliphatic heterocycles. The van der Waals surface area contributed by atoms with Crippen molar-refractivity contribution in [2.24, 2.45) is 0 Å². The number of benzene rings is 1. The van der Waals surface area contributed by atoms with Gasteiger partial charge in [0, 0.05) is 11.7 Å². The molecular formula is C18H24N4OS2. The first-order valence-electron chi connectivity index (χ1n) is 8.84. The molecule has 1 aromatic carbocycles. The number of anilines is 2. The number of hydrogen-bond acceptors (Lipinski definition) is 6. The van der Waals surface area contributed by atoms with Crippen LogP contribution in [0.3, 0.4) is 0 Å². The van der Waals surface area contributed by atoms with E-state index in [1.165, 1.54) is 47.9 Å². The molecule has 0 bridgehead atoms. The van der Waals surface area contributed by atoms with Crippen LogP contribution >= 0.6 is 23.1 Å². The van der Waals surface area contributed by atoms with Crippen LogP contribution in [-0.4, -0.2) is 27.9 Å². The normalized spacial score (nSPS) is 15.1. The van der Waals surface area contributed by atoms with Crippen LogP contribution < -0.4 is 10.6 Å². The topological polar surface area (TPSA) is 66.9 Å². The average molecular weight is 377 g/mol. The Labute approximate surface area is 157 Å². The number of aryl methyl sites for hydroxylation is 1. The lowest BCUT2D eigenvalue weighted by Crippen LogP contribution is -2.37. The summed E-state index contributed by atoms with van der Waals surface area (Å²) >= 11 is 2.92. The number of rotatable bonds is 7. The number of carbonyl (C=O) groups excluding carboxylic acids is 1. The van der Waals surface area contributed by atoms with Gasteiger partial charge >= 0.3 is 0 Å². The Balaban J connectivity index is 1.45. The number of hydrogen-bond donors (Lipinski definition) is 2. The van der Waals surface area contributed by atoms with Crippen LogP contribution in [0, 0.1) is 0 Å². The second kappa shape index (κ2) is 9.20. The van der Waals surface area contributed by atoms with E-state index >= 15 is 0 Å². The lowest BCUT2D eigenvalue weighted by molar-refractivity contribution is -0.119. The summed E-state index contributed by atoms with van der Waals surface area (Å²) in [7, 11) is 0. The molecule has 0 unspecified atom stereocenters. The van der Waals surface area contributed by atoms with E-state index < -0.39 is 0 Å². The zero-order valence-electron chi connectivity index (χ0n) is 14.5. The Kier molecular flexibility index (Phi) is 6.69. The van der Waals surface area contributed by atoms with Crippen LogP contribution in [0.5, 0.6) is 0 Å². The third-order valence-corrected chi connectivity index (χ3v) is 6.29. The molecule has 1 aromatic heterocycles. The third-order valence-electron chi connectivity index (χ3n) is 4.32. The Morgan fingerprint density at radius 2 is 1.96 bits per heavy atom. The molecule has 0 radical (unpaired) electrons. The molecule has 2 N–H and O–H groups in total. The average Bonchev–Trinajstić information content (AvgIpc) is 3.09. The van der Waals surface area contributed by atoms with Gasteiger partial charge in [-0.3, -0.25) is 4.79 Å². The number of nitrogens with zero attached hydrogens (tertiary/aromatic N) is 2. The van der Waals surface area contributed by atoms with E-state index in [1.807, 2.05) is 12.1 Å². The maximum atomic E-state index is 12.1. The number of amides is 1. The summed E-state index contributed by atoms with van der Waals surface area (Å²) in [5.41, 5.74) is 2.31. The fourth-order valence-electron chi connectivity index (χ4n) is 2.91. The number of carbonyl (C=O) groups is 1. The highest BCUT2D eigenvalue weighted by Gasteiger charge is 2.16. The maximum absolute atomic E-state index is 12.1. The first-order chi connectivity index (χ1) is 12.2. The lowest BCUT2D eigenvalue weighted by atomic mass is 9.95.